The minimum atomic E-state index is 0.340. The summed E-state index contributed by atoms with van der Waals surface area (Å²) in [4.78, 5) is 10.7. The van der Waals surface area contributed by atoms with E-state index in [0.717, 1.165) is 24.5 Å². The maximum absolute atomic E-state index is 5.47. The number of nitrogens with zero attached hydrogens (tertiary/aromatic N) is 3. The van der Waals surface area contributed by atoms with Crippen LogP contribution in [0.25, 0.3) is 10.9 Å². The standard InChI is InChI=1S/C19H24N4OS/c1-12(2)19-18-14(13-6-4-5-7-15(13)20-18)8-9-23(19)10-17-21-16(11-25-3)22-24-17/h4-7,12,19-20H,8-11H2,1-3H3/t19-/m1/s1. The van der Waals surface area contributed by atoms with Crippen LogP contribution in [0.5, 0.6) is 0 Å². The maximum atomic E-state index is 5.47. The van der Waals surface area contributed by atoms with Crippen LogP contribution in [-0.4, -0.2) is 32.8 Å². The number of hydrogen-bond acceptors (Lipinski definition) is 5. The fourth-order valence-corrected chi connectivity index (χ4v) is 4.34. The van der Waals surface area contributed by atoms with E-state index in [4.69, 9.17) is 4.52 Å². The summed E-state index contributed by atoms with van der Waals surface area (Å²) in [5, 5.41) is 5.44. The predicted octanol–water partition coefficient (Wildman–Crippen LogP) is 4.17. The van der Waals surface area contributed by atoms with E-state index in [0.29, 0.717) is 24.4 Å². The van der Waals surface area contributed by atoms with Crippen molar-refractivity contribution >= 4 is 22.7 Å². The van der Waals surface area contributed by atoms with E-state index in [-0.39, 0.29) is 0 Å². The monoisotopic (exact) mass is 356 g/mol. The van der Waals surface area contributed by atoms with Crippen LogP contribution in [0, 0.1) is 5.92 Å². The van der Waals surface area contributed by atoms with Crippen LogP contribution in [0.1, 0.15) is 42.9 Å². The third-order valence-corrected chi connectivity index (χ3v) is 5.49. The van der Waals surface area contributed by atoms with Gasteiger partial charge in [0.1, 0.15) is 0 Å². The van der Waals surface area contributed by atoms with Gasteiger partial charge in [0.15, 0.2) is 5.82 Å². The van der Waals surface area contributed by atoms with Crippen molar-refractivity contribution in [3.05, 3.63) is 47.2 Å². The molecule has 1 atom stereocenters. The molecule has 0 radical (unpaired) electrons. The van der Waals surface area contributed by atoms with Crippen molar-refractivity contribution in [1.29, 1.82) is 0 Å². The SMILES string of the molecule is CSCc1noc(CN2CCc3c([nH]c4ccccc34)[C@H]2C(C)C)n1. The van der Waals surface area contributed by atoms with Crippen molar-refractivity contribution in [2.75, 3.05) is 12.8 Å². The summed E-state index contributed by atoms with van der Waals surface area (Å²) in [7, 11) is 0. The highest BCUT2D eigenvalue weighted by Gasteiger charge is 2.33. The Morgan fingerprint density at radius 1 is 1.36 bits per heavy atom. The van der Waals surface area contributed by atoms with E-state index < -0.39 is 0 Å². The van der Waals surface area contributed by atoms with Crippen molar-refractivity contribution in [1.82, 2.24) is 20.0 Å². The van der Waals surface area contributed by atoms with Gasteiger partial charge in [-0.15, -0.1) is 0 Å². The topological polar surface area (TPSA) is 58.0 Å². The molecule has 1 N–H and O–H groups in total. The number of H-pyrrole nitrogens is 1. The van der Waals surface area contributed by atoms with Crippen LogP contribution in [0.15, 0.2) is 28.8 Å². The third kappa shape index (κ3) is 3.09. The van der Waals surface area contributed by atoms with Crippen molar-refractivity contribution in [2.45, 2.75) is 38.6 Å². The van der Waals surface area contributed by atoms with Crippen LogP contribution >= 0.6 is 11.8 Å². The Kier molecular flexibility index (Phi) is 4.56. The molecule has 5 nitrogen and oxygen atoms in total. The Morgan fingerprint density at radius 3 is 3.00 bits per heavy atom. The molecule has 1 aliphatic heterocycles. The lowest BCUT2D eigenvalue weighted by Crippen LogP contribution is -2.37. The summed E-state index contributed by atoms with van der Waals surface area (Å²) >= 11 is 1.71. The summed E-state index contributed by atoms with van der Waals surface area (Å²) in [6.07, 6.45) is 3.10. The van der Waals surface area contributed by atoms with Crippen molar-refractivity contribution in [3.63, 3.8) is 0 Å². The first-order valence-corrected chi connectivity index (χ1v) is 10.2. The minimum absolute atomic E-state index is 0.340. The molecular weight excluding hydrogens is 332 g/mol. The predicted molar refractivity (Wildman–Crippen MR) is 102 cm³/mol. The van der Waals surface area contributed by atoms with Gasteiger partial charge in [0, 0.05) is 23.1 Å². The van der Waals surface area contributed by atoms with E-state index in [1.165, 1.54) is 22.2 Å². The van der Waals surface area contributed by atoms with Gasteiger partial charge in [-0.1, -0.05) is 37.2 Å². The van der Waals surface area contributed by atoms with Gasteiger partial charge in [-0.05, 0) is 30.2 Å². The molecule has 0 saturated carbocycles. The molecule has 132 valence electrons. The van der Waals surface area contributed by atoms with E-state index in [9.17, 15) is 0 Å². The van der Waals surface area contributed by atoms with Gasteiger partial charge in [0.25, 0.3) is 0 Å². The van der Waals surface area contributed by atoms with Gasteiger partial charge in [-0.2, -0.15) is 16.7 Å². The second kappa shape index (κ2) is 6.84. The van der Waals surface area contributed by atoms with Gasteiger partial charge < -0.3 is 9.51 Å². The summed E-state index contributed by atoms with van der Waals surface area (Å²) in [6, 6.07) is 8.95. The number of aromatic nitrogens is 3. The quantitative estimate of drug-likeness (QED) is 0.743. The molecule has 2 aromatic heterocycles. The maximum Gasteiger partial charge on any atom is 0.240 e. The third-order valence-electron chi connectivity index (χ3n) is 4.94. The Hall–Kier alpha value is -1.79. The molecule has 0 saturated heterocycles. The first kappa shape index (κ1) is 16.7. The first-order chi connectivity index (χ1) is 12.2. The molecule has 0 bridgehead atoms. The molecule has 4 rings (SSSR count). The Bertz CT molecular complexity index is 869. The molecule has 0 unspecified atom stereocenters. The van der Waals surface area contributed by atoms with Crippen molar-refractivity contribution in [3.8, 4) is 0 Å². The molecule has 0 fully saturated rings. The molecule has 3 aromatic rings. The molecule has 25 heavy (non-hydrogen) atoms. The van der Waals surface area contributed by atoms with E-state index in [1.54, 1.807) is 11.8 Å². The average molecular weight is 356 g/mol. The lowest BCUT2D eigenvalue weighted by atomic mass is 9.90. The largest absolute Gasteiger partial charge is 0.357 e. The van der Waals surface area contributed by atoms with Crippen LogP contribution in [0.4, 0.5) is 0 Å². The van der Waals surface area contributed by atoms with Gasteiger partial charge in [0.05, 0.1) is 18.3 Å². The first-order valence-electron chi connectivity index (χ1n) is 8.81. The van der Waals surface area contributed by atoms with Gasteiger partial charge in [0.2, 0.25) is 5.89 Å². The highest BCUT2D eigenvalue weighted by Crippen LogP contribution is 2.38. The number of benzene rings is 1. The second-order valence-electron chi connectivity index (χ2n) is 7.01. The fraction of sp³-hybridized carbons (Fsp3) is 0.474. The van der Waals surface area contributed by atoms with Crippen LogP contribution < -0.4 is 0 Å². The van der Waals surface area contributed by atoms with Gasteiger partial charge in [-0.3, -0.25) is 4.90 Å². The number of rotatable bonds is 5. The minimum Gasteiger partial charge on any atom is -0.357 e. The number of para-hydroxylation sites is 1. The van der Waals surface area contributed by atoms with Crippen molar-refractivity contribution < 1.29 is 4.52 Å². The normalized spacial score (nSPS) is 18.2. The number of fused-ring (bicyclic) bond motifs is 3. The Balaban J connectivity index is 1.65. The summed E-state index contributed by atoms with van der Waals surface area (Å²) in [5.41, 5.74) is 4.06. The average Bonchev–Trinajstić information content (AvgIpc) is 3.18. The zero-order chi connectivity index (χ0) is 17.4. The van der Waals surface area contributed by atoms with E-state index >= 15 is 0 Å². The summed E-state index contributed by atoms with van der Waals surface area (Å²) in [5.74, 6) is 2.80. The van der Waals surface area contributed by atoms with Gasteiger partial charge >= 0.3 is 0 Å². The molecule has 0 spiro atoms. The molecular formula is C19H24N4OS. The van der Waals surface area contributed by atoms with Crippen LogP contribution in [-0.2, 0) is 18.7 Å². The number of nitrogens with one attached hydrogen (secondary N) is 1. The smallest absolute Gasteiger partial charge is 0.240 e. The van der Waals surface area contributed by atoms with Crippen molar-refractivity contribution in [2.24, 2.45) is 5.92 Å². The Morgan fingerprint density at radius 2 is 2.20 bits per heavy atom. The number of hydrogen-bond donors (Lipinski definition) is 1. The Labute approximate surface area is 152 Å². The number of thioether (sulfide) groups is 1. The molecule has 1 aromatic carbocycles. The molecule has 0 amide bonds. The second-order valence-corrected chi connectivity index (χ2v) is 7.88. The summed E-state index contributed by atoms with van der Waals surface area (Å²) in [6.45, 7) is 6.29. The molecule has 0 aliphatic carbocycles. The van der Waals surface area contributed by atoms with E-state index in [1.807, 2.05) is 6.26 Å². The summed E-state index contributed by atoms with van der Waals surface area (Å²) < 4.78 is 5.47. The highest BCUT2D eigenvalue weighted by atomic mass is 32.2. The molecule has 6 heteroatoms. The van der Waals surface area contributed by atoms with E-state index in [2.05, 4.69) is 58.1 Å². The van der Waals surface area contributed by atoms with Gasteiger partial charge in [-0.25, -0.2) is 0 Å². The van der Waals surface area contributed by atoms with Crippen LogP contribution in [0.3, 0.4) is 0 Å². The fourth-order valence-electron chi connectivity index (χ4n) is 3.97. The van der Waals surface area contributed by atoms with Crippen LogP contribution in [0.2, 0.25) is 0 Å². The number of aromatic amines is 1. The zero-order valence-electron chi connectivity index (χ0n) is 15.0. The zero-order valence-corrected chi connectivity index (χ0v) is 15.8. The lowest BCUT2D eigenvalue weighted by molar-refractivity contribution is 0.117. The lowest BCUT2D eigenvalue weighted by Gasteiger charge is -2.37. The molecule has 3 heterocycles. The highest BCUT2D eigenvalue weighted by molar-refractivity contribution is 7.97. The molecule has 1 aliphatic rings.